The number of fused-ring (bicyclic) bond motifs is 3. The van der Waals surface area contributed by atoms with Gasteiger partial charge in [-0.1, -0.05) is 24.3 Å². The van der Waals surface area contributed by atoms with Crippen molar-refractivity contribution in [2.24, 2.45) is 5.92 Å². The molecule has 1 aliphatic heterocycles. The quantitative estimate of drug-likeness (QED) is 0.646. The van der Waals surface area contributed by atoms with Crippen molar-refractivity contribution in [3.8, 4) is 5.75 Å². The van der Waals surface area contributed by atoms with E-state index >= 15 is 0 Å². The number of piperidine rings is 1. The first kappa shape index (κ1) is 18.4. The average Bonchev–Trinajstić information content (AvgIpc) is 3.33. The predicted molar refractivity (Wildman–Crippen MR) is 115 cm³/mol. The van der Waals surface area contributed by atoms with Gasteiger partial charge in [-0.2, -0.15) is 0 Å². The van der Waals surface area contributed by atoms with Crippen molar-refractivity contribution < 1.29 is 9.84 Å². The molecule has 2 heterocycles. The summed E-state index contributed by atoms with van der Waals surface area (Å²) in [4.78, 5) is 6.86. The minimum Gasteiger partial charge on any atom is -0.491 e. The van der Waals surface area contributed by atoms with E-state index < -0.39 is 0 Å². The van der Waals surface area contributed by atoms with Gasteiger partial charge in [-0.15, -0.1) is 0 Å². The van der Waals surface area contributed by atoms with E-state index in [0.29, 0.717) is 18.7 Å². The molecule has 0 spiro atoms. The van der Waals surface area contributed by atoms with Crippen LogP contribution in [0, 0.1) is 5.92 Å². The van der Waals surface area contributed by atoms with Crippen LogP contribution >= 0.6 is 0 Å². The average molecular weight is 389 g/mol. The van der Waals surface area contributed by atoms with Crippen LogP contribution in [0.5, 0.6) is 5.75 Å². The third-order valence-corrected chi connectivity index (χ3v) is 6.25. The molecule has 5 nitrogen and oxygen atoms in total. The third-order valence-electron chi connectivity index (χ3n) is 6.25. The van der Waals surface area contributed by atoms with Gasteiger partial charge in [0.05, 0.1) is 6.61 Å². The van der Waals surface area contributed by atoms with Crippen LogP contribution in [0.2, 0.25) is 0 Å². The number of hydrogen-bond acceptors (Lipinski definition) is 5. The summed E-state index contributed by atoms with van der Waals surface area (Å²) in [6, 6.07) is 17.8. The summed E-state index contributed by atoms with van der Waals surface area (Å²) in [7, 11) is 0. The van der Waals surface area contributed by atoms with Crippen molar-refractivity contribution in [3.63, 3.8) is 0 Å². The number of likely N-dealkylation sites (tertiary alicyclic amines) is 1. The van der Waals surface area contributed by atoms with Crippen LogP contribution in [-0.4, -0.2) is 46.8 Å². The molecule has 1 saturated carbocycles. The molecule has 2 bridgehead atoms. The Morgan fingerprint density at radius 2 is 2.07 bits per heavy atom. The van der Waals surface area contributed by atoms with Gasteiger partial charge >= 0.3 is 0 Å². The third kappa shape index (κ3) is 3.80. The Labute approximate surface area is 171 Å². The van der Waals surface area contributed by atoms with Crippen LogP contribution < -0.4 is 10.1 Å². The van der Waals surface area contributed by atoms with Gasteiger partial charge in [0.1, 0.15) is 12.4 Å². The molecule has 5 heteroatoms. The lowest BCUT2D eigenvalue weighted by Gasteiger charge is -2.34. The summed E-state index contributed by atoms with van der Waals surface area (Å²) < 4.78 is 5.58. The van der Waals surface area contributed by atoms with Crippen molar-refractivity contribution in [2.45, 2.75) is 31.5 Å². The Bertz CT molecular complexity index is 987. The van der Waals surface area contributed by atoms with Gasteiger partial charge in [0.2, 0.25) is 0 Å². The molecule has 3 atom stereocenters. The van der Waals surface area contributed by atoms with Crippen molar-refractivity contribution in [2.75, 3.05) is 25.1 Å². The molecule has 2 fully saturated rings. The van der Waals surface area contributed by atoms with E-state index in [-0.39, 0.29) is 6.61 Å². The maximum Gasteiger partial charge on any atom is 0.119 e. The number of aliphatic hydroxyl groups is 1. The second-order valence-corrected chi connectivity index (χ2v) is 8.21. The summed E-state index contributed by atoms with van der Waals surface area (Å²) in [6.45, 7) is 2.49. The number of aliphatic hydroxyl groups excluding tert-OH is 1. The molecule has 3 unspecified atom stereocenters. The van der Waals surface area contributed by atoms with Crippen LogP contribution in [0.4, 0.5) is 5.69 Å². The van der Waals surface area contributed by atoms with Crippen molar-refractivity contribution >= 4 is 16.5 Å². The molecule has 5 rings (SSSR count). The van der Waals surface area contributed by atoms with Gasteiger partial charge in [0.25, 0.3) is 0 Å². The lowest BCUT2D eigenvalue weighted by molar-refractivity contribution is 0.191. The molecular formula is C24H27N3O2. The highest BCUT2D eigenvalue weighted by Crippen LogP contribution is 2.40. The fourth-order valence-corrected chi connectivity index (χ4v) is 5.05. The Morgan fingerprint density at radius 1 is 1.14 bits per heavy atom. The Hall–Kier alpha value is -2.63. The van der Waals surface area contributed by atoms with E-state index in [0.717, 1.165) is 18.2 Å². The monoisotopic (exact) mass is 389 g/mol. The molecule has 1 aliphatic carbocycles. The fourth-order valence-electron chi connectivity index (χ4n) is 5.05. The Kier molecular flexibility index (Phi) is 5.08. The van der Waals surface area contributed by atoms with Gasteiger partial charge in [-0.05, 0) is 48.6 Å². The SMILES string of the molecule is OCCOc1cccc(CN2CC3CC(Nc4cccc5cnccc45)C2C3)c1. The number of aromatic nitrogens is 1. The summed E-state index contributed by atoms with van der Waals surface area (Å²) >= 11 is 0. The first-order chi connectivity index (χ1) is 14.3. The molecule has 0 amide bonds. The molecule has 29 heavy (non-hydrogen) atoms. The maximum absolute atomic E-state index is 8.97. The minimum atomic E-state index is 0.0394. The van der Waals surface area contributed by atoms with Gasteiger partial charge in [-0.25, -0.2) is 0 Å². The number of hydrogen-bond donors (Lipinski definition) is 2. The topological polar surface area (TPSA) is 57.6 Å². The molecule has 2 aromatic carbocycles. The van der Waals surface area contributed by atoms with Gasteiger partial charge < -0.3 is 15.2 Å². The fraction of sp³-hybridized carbons (Fsp3) is 0.375. The molecule has 0 radical (unpaired) electrons. The standard InChI is InChI=1S/C24H27N3O2/c28-9-10-29-20-5-1-3-17(11-20)15-27-16-18-12-23(24(27)13-18)26-22-6-2-4-19-14-25-8-7-21(19)22/h1-8,11,14,18,23-24,26,28H,9-10,12-13,15-16H2. The number of ether oxygens (including phenoxy) is 1. The molecule has 2 N–H and O–H groups in total. The van der Waals surface area contributed by atoms with Crippen LogP contribution in [0.25, 0.3) is 10.8 Å². The smallest absolute Gasteiger partial charge is 0.119 e. The van der Waals surface area contributed by atoms with E-state index in [4.69, 9.17) is 9.84 Å². The summed E-state index contributed by atoms with van der Waals surface area (Å²) in [5.41, 5.74) is 2.48. The number of nitrogens with zero attached hydrogens (tertiary/aromatic N) is 2. The van der Waals surface area contributed by atoms with Crippen LogP contribution in [-0.2, 0) is 6.54 Å². The highest BCUT2D eigenvalue weighted by Gasteiger charge is 2.44. The number of benzene rings is 2. The molecular weight excluding hydrogens is 362 g/mol. The minimum absolute atomic E-state index is 0.0394. The summed E-state index contributed by atoms with van der Waals surface area (Å²) in [5, 5.41) is 15.2. The molecule has 2 aliphatic rings. The second-order valence-electron chi connectivity index (χ2n) is 8.21. The Balaban J connectivity index is 1.30. The van der Waals surface area contributed by atoms with Crippen molar-refractivity contribution in [1.82, 2.24) is 9.88 Å². The molecule has 1 aromatic heterocycles. The number of pyridine rings is 1. The molecule has 150 valence electrons. The van der Waals surface area contributed by atoms with E-state index in [2.05, 4.69) is 51.6 Å². The highest BCUT2D eigenvalue weighted by molar-refractivity contribution is 5.93. The van der Waals surface area contributed by atoms with Gasteiger partial charge in [0, 0.05) is 54.0 Å². The molecule has 3 aromatic rings. The lowest BCUT2D eigenvalue weighted by atomic mass is 10.0. The van der Waals surface area contributed by atoms with E-state index in [1.807, 2.05) is 24.5 Å². The van der Waals surface area contributed by atoms with Gasteiger partial charge in [0.15, 0.2) is 0 Å². The largest absolute Gasteiger partial charge is 0.491 e. The van der Waals surface area contributed by atoms with Gasteiger partial charge in [-0.3, -0.25) is 9.88 Å². The van der Waals surface area contributed by atoms with E-state index in [9.17, 15) is 0 Å². The van der Waals surface area contributed by atoms with Crippen LogP contribution in [0.3, 0.4) is 0 Å². The first-order valence-electron chi connectivity index (χ1n) is 10.5. The second kappa shape index (κ2) is 8.01. The highest BCUT2D eigenvalue weighted by atomic mass is 16.5. The number of nitrogens with one attached hydrogen (secondary N) is 1. The first-order valence-corrected chi connectivity index (χ1v) is 10.5. The lowest BCUT2D eigenvalue weighted by Crippen LogP contribution is -2.44. The number of anilines is 1. The normalized spacial score (nSPS) is 23.6. The summed E-state index contributed by atoms with van der Waals surface area (Å²) in [6.07, 6.45) is 6.30. The summed E-state index contributed by atoms with van der Waals surface area (Å²) in [5.74, 6) is 1.60. The van der Waals surface area contributed by atoms with Crippen molar-refractivity contribution in [1.29, 1.82) is 0 Å². The van der Waals surface area contributed by atoms with E-state index in [1.54, 1.807) is 0 Å². The zero-order valence-corrected chi connectivity index (χ0v) is 16.5. The Morgan fingerprint density at radius 3 is 2.97 bits per heavy atom. The van der Waals surface area contributed by atoms with Crippen LogP contribution in [0.15, 0.2) is 60.9 Å². The molecule has 1 saturated heterocycles. The van der Waals surface area contributed by atoms with Crippen molar-refractivity contribution in [3.05, 3.63) is 66.5 Å². The number of rotatable bonds is 7. The zero-order chi connectivity index (χ0) is 19.6. The van der Waals surface area contributed by atoms with Crippen LogP contribution in [0.1, 0.15) is 18.4 Å². The zero-order valence-electron chi connectivity index (χ0n) is 16.5. The maximum atomic E-state index is 8.97. The van der Waals surface area contributed by atoms with E-state index in [1.165, 1.54) is 41.4 Å². The predicted octanol–water partition coefficient (Wildman–Crippen LogP) is 3.68.